The number of hydrogen-bond donors (Lipinski definition) is 3. The third-order valence-electron chi connectivity index (χ3n) is 6.39. The van der Waals surface area contributed by atoms with Gasteiger partial charge in [0.15, 0.2) is 0 Å². The molecule has 0 aromatic carbocycles. The Morgan fingerprint density at radius 2 is 1.87 bits per heavy atom. The number of aliphatic hydroxyl groups is 1. The van der Waals surface area contributed by atoms with Gasteiger partial charge in [0.05, 0.1) is 16.2 Å². The zero-order valence-corrected chi connectivity index (χ0v) is 19.9. The van der Waals surface area contributed by atoms with Crippen LogP contribution in [0.5, 0.6) is 0 Å². The van der Waals surface area contributed by atoms with Crippen LogP contribution in [0.4, 0.5) is 5.95 Å². The molecule has 2 atom stereocenters. The molecule has 0 radical (unpaired) electrons. The number of hydrogen-bond acceptors (Lipinski definition) is 6. The van der Waals surface area contributed by atoms with E-state index in [4.69, 9.17) is 4.98 Å². The molecule has 3 N–H and O–H groups in total. The monoisotopic (exact) mass is 428 g/mol. The molecule has 0 bridgehead atoms. The molecule has 30 heavy (non-hydrogen) atoms. The minimum absolute atomic E-state index is 0.0868. The summed E-state index contributed by atoms with van der Waals surface area (Å²) in [5.41, 5.74) is 0.592. The topological polar surface area (TPSA) is 70.1 Å². The van der Waals surface area contributed by atoms with Crippen LogP contribution in [0.2, 0.25) is 0 Å². The van der Waals surface area contributed by atoms with Gasteiger partial charge in [-0.1, -0.05) is 0 Å². The highest BCUT2D eigenvalue weighted by Crippen LogP contribution is 2.48. The molecule has 0 spiro atoms. The van der Waals surface area contributed by atoms with Gasteiger partial charge in [-0.15, -0.1) is 11.3 Å². The second kappa shape index (κ2) is 7.57. The van der Waals surface area contributed by atoms with E-state index in [-0.39, 0.29) is 11.1 Å². The van der Waals surface area contributed by atoms with Crippen LogP contribution in [-0.4, -0.2) is 37.8 Å². The Labute approximate surface area is 184 Å². The van der Waals surface area contributed by atoms with Crippen LogP contribution >= 0.6 is 11.3 Å². The molecular weight excluding hydrogens is 392 g/mol. The van der Waals surface area contributed by atoms with Crippen LogP contribution in [0, 0.1) is 11.8 Å². The molecule has 1 saturated carbocycles. The average molecular weight is 429 g/mol. The van der Waals surface area contributed by atoms with Crippen LogP contribution < -0.4 is 10.6 Å². The number of aromatic nitrogens is 2. The molecule has 164 valence electrons. The van der Waals surface area contributed by atoms with E-state index in [0.717, 1.165) is 31.4 Å². The van der Waals surface area contributed by atoms with Gasteiger partial charge in [0.2, 0.25) is 5.95 Å². The number of nitrogens with one attached hydrogen (secondary N) is 2. The van der Waals surface area contributed by atoms with Gasteiger partial charge in [-0.2, -0.15) is 0 Å². The molecule has 3 heterocycles. The summed E-state index contributed by atoms with van der Waals surface area (Å²) in [6.07, 6.45) is 6.11. The van der Waals surface area contributed by atoms with Gasteiger partial charge in [0.25, 0.3) is 0 Å². The average Bonchev–Trinajstić information content (AvgIpc) is 3.20. The summed E-state index contributed by atoms with van der Waals surface area (Å²) in [5, 5.41) is 17.5. The van der Waals surface area contributed by atoms with Gasteiger partial charge in [0.1, 0.15) is 0 Å². The molecule has 2 aromatic rings. The minimum atomic E-state index is -0.560. The van der Waals surface area contributed by atoms with Crippen molar-refractivity contribution in [1.82, 2.24) is 15.3 Å². The Morgan fingerprint density at radius 1 is 1.17 bits per heavy atom. The van der Waals surface area contributed by atoms with Crippen molar-refractivity contribution in [2.75, 3.05) is 5.32 Å². The summed E-state index contributed by atoms with van der Waals surface area (Å²) >= 11 is 1.81. The van der Waals surface area contributed by atoms with E-state index >= 15 is 0 Å². The third-order valence-corrected chi connectivity index (χ3v) is 7.52. The highest BCUT2D eigenvalue weighted by Gasteiger charge is 2.46. The second-order valence-electron chi connectivity index (χ2n) is 11.1. The first-order chi connectivity index (χ1) is 13.9. The number of nitrogens with zero attached hydrogens (tertiary/aromatic N) is 2. The lowest BCUT2D eigenvalue weighted by Gasteiger charge is -2.46. The van der Waals surface area contributed by atoms with Crippen LogP contribution in [0.25, 0.3) is 10.6 Å². The van der Waals surface area contributed by atoms with Crippen molar-refractivity contribution < 1.29 is 5.11 Å². The molecule has 5 nitrogen and oxygen atoms in total. The molecule has 2 fully saturated rings. The summed E-state index contributed by atoms with van der Waals surface area (Å²) in [7, 11) is 0. The molecule has 2 aliphatic rings. The summed E-state index contributed by atoms with van der Waals surface area (Å²) in [6, 6.07) is 6.73. The lowest BCUT2D eigenvalue weighted by Crippen LogP contribution is -2.60. The van der Waals surface area contributed by atoms with Crippen LogP contribution in [0.15, 0.2) is 24.4 Å². The Kier molecular flexibility index (Phi) is 5.48. The van der Waals surface area contributed by atoms with Gasteiger partial charge < -0.3 is 15.7 Å². The summed E-state index contributed by atoms with van der Waals surface area (Å²) < 4.78 is 0. The standard InChI is InChI=1S/C24H36N4OS/c1-22(2)13-16(14-23(3,4)28-22)26-21-25-10-9-19(27-21)20-8-7-17(30-20)11-15-12-18(15)24(5,6)29/h7-10,15-16,18,28-29H,11-14H2,1-6H3,(H,25,26,27). The van der Waals surface area contributed by atoms with E-state index in [2.05, 4.69) is 55.4 Å². The summed E-state index contributed by atoms with van der Waals surface area (Å²) in [4.78, 5) is 11.9. The predicted octanol–water partition coefficient (Wildman–Crippen LogP) is 4.88. The fraction of sp³-hybridized carbons (Fsp3) is 0.667. The molecular formula is C24H36N4OS. The number of anilines is 1. The molecule has 6 heteroatoms. The van der Waals surface area contributed by atoms with Crippen molar-refractivity contribution in [3.8, 4) is 10.6 Å². The zero-order valence-electron chi connectivity index (χ0n) is 19.1. The predicted molar refractivity (Wildman–Crippen MR) is 125 cm³/mol. The van der Waals surface area contributed by atoms with E-state index in [1.54, 1.807) is 0 Å². The summed E-state index contributed by atoms with van der Waals surface area (Å²) in [5.74, 6) is 1.74. The Hall–Kier alpha value is -1.50. The van der Waals surface area contributed by atoms with E-state index in [1.165, 1.54) is 9.75 Å². The maximum Gasteiger partial charge on any atom is 0.223 e. The van der Waals surface area contributed by atoms with Gasteiger partial charge >= 0.3 is 0 Å². The molecule has 2 unspecified atom stereocenters. The lowest BCUT2D eigenvalue weighted by molar-refractivity contribution is 0.0510. The highest BCUT2D eigenvalue weighted by molar-refractivity contribution is 7.15. The van der Waals surface area contributed by atoms with Crippen molar-refractivity contribution in [2.45, 2.75) is 89.9 Å². The maximum absolute atomic E-state index is 10.2. The van der Waals surface area contributed by atoms with Crippen molar-refractivity contribution in [2.24, 2.45) is 11.8 Å². The second-order valence-corrected chi connectivity index (χ2v) is 12.3. The largest absolute Gasteiger partial charge is 0.390 e. The molecule has 2 aromatic heterocycles. The van der Waals surface area contributed by atoms with E-state index < -0.39 is 5.60 Å². The van der Waals surface area contributed by atoms with Crippen molar-refractivity contribution in [1.29, 1.82) is 0 Å². The fourth-order valence-electron chi connectivity index (χ4n) is 5.39. The van der Waals surface area contributed by atoms with Crippen LogP contribution in [-0.2, 0) is 6.42 Å². The number of rotatable bonds is 6. The first-order valence-corrected chi connectivity index (χ1v) is 11.9. The van der Waals surface area contributed by atoms with Gasteiger partial charge in [-0.05, 0) is 97.3 Å². The van der Waals surface area contributed by atoms with Crippen molar-refractivity contribution in [3.05, 3.63) is 29.3 Å². The zero-order chi connectivity index (χ0) is 21.7. The fourth-order valence-corrected chi connectivity index (χ4v) is 6.46. The third kappa shape index (κ3) is 5.21. The van der Waals surface area contributed by atoms with Gasteiger partial charge in [-0.25, -0.2) is 9.97 Å². The van der Waals surface area contributed by atoms with Crippen molar-refractivity contribution in [3.63, 3.8) is 0 Å². The molecule has 1 saturated heterocycles. The number of thiophene rings is 1. The highest BCUT2D eigenvalue weighted by atomic mass is 32.1. The van der Waals surface area contributed by atoms with Crippen molar-refractivity contribution >= 4 is 17.3 Å². The molecule has 0 amide bonds. The smallest absolute Gasteiger partial charge is 0.223 e. The molecule has 1 aliphatic carbocycles. The molecule has 4 rings (SSSR count). The Balaban J connectivity index is 1.42. The van der Waals surface area contributed by atoms with Gasteiger partial charge in [0, 0.05) is 28.2 Å². The van der Waals surface area contributed by atoms with Crippen LogP contribution in [0.1, 0.15) is 65.7 Å². The molecule has 1 aliphatic heterocycles. The maximum atomic E-state index is 10.2. The quantitative estimate of drug-likeness (QED) is 0.612. The van der Waals surface area contributed by atoms with Crippen LogP contribution in [0.3, 0.4) is 0 Å². The first kappa shape index (κ1) is 21.7. The van der Waals surface area contributed by atoms with E-state index in [1.807, 2.05) is 37.4 Å². The number of piperidine rings is 1. The normalized spacial score (nSPS) is 25.8. The summed E-state index contributed by atoms with van der Waals surface area (Å²) in [6.45, 7) is 12.9. The van der Waals surface area contributed by atoms with E-state index in [0.29, 0.717) is 23.8 Å². The SMILES string of the molecule is CC1(C)CC(Nc2nccc(-c3ccc(CC4CC4C(C)(C)O)s3)n2)CC(C)(C)N1. The van der Waals surface area contributed by atoms with E-state index in [9.17, 15) is 5.11 Å². The van der Waals surface area contributed by atoms with Gasteiger partial charge in [-0.3, -0.25) is 0 Å². The Bertz CT molecular complexity index is 883. The lowest BCUT2D eigenvalue weighted by atomic mass is 9.80. The Morgan fingerprint density at radius 3 is 2.50 bits per heavy atom. The minimum Gasteiger partial charge on any atom is -0.390 e. The first-order valence-electron chi connectivity index (χ1n) is 11.1.